The molecule has 3 heterocycles. The monoisotopic (exact) mass is 332 g/mol. The molecule has 2 aromatic rings. The quantitative estimate of drug-likeness (QED) is 0.836. The van der Waals surface area contributed by atoms with Gasteiger partial charge in [-0.3, -0.25) is 4.79 Å². The zero-order valence-electron chi connectivity index (χ0n) is 13.1. The summed E-state index contributed by atoms with van der Waals surface area (Å²) in [6.45, 7) is 2.92. The molecule has 23 heavy (non-hydrogen) atoms. The van der Waals surface area contributed by atoms with Crippen molar-refractivity contribution in [2.75, 3.05) is 38.2 Å². The van der Waals surface area contributed by atoms with Crippen molar-refractivity contribution >= 4 is 23.2 Å². The summed E-state index contributed by atoms with van der Waals surface area (Å²) < 4.78 is 5.13. The van der Waals surface area contributed by atoms with Gasteiger partial charge in [0.1, 0.15) is 0 Å². The molecule has 0 atom stereocenters. The molecular formula is C16H20N4O2S. The summed E-state index contributed by atoms with van der Waals surface area (Å²) in [4.78, 5) is 26.2. The largest absolute Gasteiger partial charge is 0.481 e. The fourth-order valence-electron chi connectivity index (χ4n) is 2.60. The average Bonchev–Trinajstić information content (AvgIpc) is 3.13. The van der Waals surface area contributed by atoms with E-state index in [1.54, 1.807) is 30.7 Å². The maximum Gasteiger partial charge on any atom is 0.228 e. The smallest absolute Gasteiger partial charge is 0.228 e. The van der Waals surface area contributed by atoms with E-state index >= 15 is 0 Å². The fourth-order valence-corrected chi connectivity index (χ4v) is 3.31. The first kappa shape index (κ1) is 15.7. The number of aryl methyl sites for hydroxylation is 1. The second-order valence-electron chi connectivity index (χ2n) is 5.35. The van der Waals surface area contributed by atoms with E-state index in [0.717, 1.165) is 19.5 Å². The highest BCUT2D eigenvalue weighted by Gasteiger charge is 2.22. The van der Waals surface area contributed by atoms with Crippen LogP contribution in [0, 0.1) is 0 Å². The molecular weight excluding hydrogens is 312 g/mol. The summed E-state index contributed by atoms with van der Waals surface area (Å²) in [6.07, 6.45) is 3.10. The second-order valence-corrected chi connectivity index (χ2v) is 6.38. The molecule has 0 spiro atoms. The van der Waals surface area contributed by atoms with Gasteiger partial charge in [0.15, 0.2) is 0 Å². The van der Waals surface area contributed by atoms with Gasteiger partial charge < -0.3 is 14.5 Å². The summed E-state index contributed by atoms with van der Waals surface area (Å²) in [5.74, 6) is 1.45. The molecule has 1 aliphatic rings. The van der Waals surface area contributed by atoms with E-state index in [0.29, 0.717) is 31.3 Å². The molecule has 0 aliphatic carbocycles. The van der Waals surface area contributed by atoms with Crippen LogP contribution in [0.2, 0.25) is 0 Å². The minimum absolute atomic E-state index is 0.226. The number of anilines is 1. The van der Waals surface area contributed by atoms with Crippen LogP contribution >= 0.6 is 11.3 Å². The molecule has 0 radical (unpaired) electrons. The molecule has 0 saturated carbocycles. The topological polar surface area (TPSA) is 58.6 Å². The molecule has 7 heteroatoms. The van der Waals surface area contributed by atoms with Crippen molar-refractivity contribution in [3.63, 3.8) is 0 Å². The first-order valence-electron chi connectivity index (χ1n) is 7.68. The van der Waals surface area contributed by atoms with Gasteiger partial charge in [0.2, 0.25) is 17.7 Å². The Hall–Kier alpha value is -2.15. The van der Waals surface area contributed by atoms with Crippen LogP contribution in [0.5, 0.6) is 5.88 Å². The fraction of sp³-hybridized carbons (Fsp3) is 0.438. The summed E-state index contributed by atoms with van der Waals surface area (Å²) in [5.41, 5.74) is 0. The predicted molar refractivity (Wildman–Crippen MR) is 90.0 cm³/mol. The molecule has 0 N–H and O–H groups in total. The number of methoxy groups -OCH3 is 1. The number of nitrogens with zero attached hydrogens (tertiary/aromatic N) is 4. The second kappa shape index (κ2) is 7.41. The molecule has 1 amide bonds. The molecule has 3 rings (SSSR count). The van der Waals surface area contributed by atoms with Crippen LogP contribution in [0.1, 0.15) is 11.3 Å². The van der Waals surface area contributed by atoms with E-state index in [4.69, 9.17) is 4.74 Å². The highest BCUT2D eigenvalue weighted by atomic mass is 32.1. The number of amides is 1. The summed E-state index contributed by atoms with van der Waals surface area (Å²) in [5, 5.41) is 2.05. The van der Waals surface area contributed by atoms with Gasteiger partial charge in [0.05, 0.1) is 7.11 Å². The van der Waals surface area contributed by atoms with Crippen LogP contribution in [0.3, 0.4) is 0 Å². The Labute approximate surface area is 139 Å². The third kappa shape index (κ3) is 3.98. The average molecular weight is 332 g/mol. The van der Waals surface area contributed by atoms with Crippen LogP contribution in [-0.4, -0.2) is 54.1 Å². The van der Waals surface area contributed by atoms with Crippen molar-refractivity contribution in [1.82, 2.24) is 14.9 Å². The van der Waals surface area contributed by atoms with Crippen molar-refractivity contribution in [3.8, 4) is 5.88 Å². The highest BCUT2D eigenvalue weighted by molar-refractivity contribution is 7.09. The van der Waals surface area contributed by atoms with Crippen molar-refractivity contribution in [1.29, 1.82) is 0 Å². The molecule has 0 aromatic carbocycles. The van der Waals surface area contributed by atoms with Gasteiger partial charge in [-0.2, -0.15) is 4.98 Å². The van der Waals surface area contributed by atoms with Gasteiger partial charge in [-0.25, -0.2) is 4.98 Å². The van der Waals surface area contributed by atoms with E-state index in [1.165, 1.54) is 4.88 Å². The van der Waals surface area contributed by atoms with Crippen molar-refractivity contribution in [2.24, 2.45) is 0 Å². The minimum Gasteiger partial charge on any atom is -0.481 e. The van der Waals surface area contributed by atoms with Crippen molar-refractivity contribution in [3.05, 3.63) is 34.7 Å². The minimum atomic E-state index is 0.226. The number of carbonyl (C=O) groups excluding carboxylic acids is 1. The predicted octanol–water partition coefficient (Wildman–Crippen LogP) is 1.83. The van der Waals surface area contributed by atoms with Gasteiger partial charge in [-0.15, -0.1) is 11.3 Å². The molecule has 1 aliphatic heterocycles. The third-order valence-corrected chi connectivity index (χ3v) is 4.84. The Bertz CT molecular complexity index is 639. The van der Waals surface area contributed by atoms with Gasteiger partial charge in [0.25, 0.3) is 0 Å². The molecule has 0 bridgehead atoms. The van der Waals surface area contributed by atoms with Crippen LogP contribution in [-0.2, 0) is 11.2 Å². The van der Waals surface area contributed by atoms with Crippen molar-refractivity contribution in [2.45, 2.75) is 12.8 Å². The number of piperazine rings is 1. The third-order valence-electron chi connectivity index (χ3n) is 3.91. The zero-order chi connectivity index (χ0) is 16.1. The SMILES string of the molecule is COc1ccnc(N2CCN(C(=O)CCc3cccs3)CC2)n1. The molecule has 1 fully saturated rings. The number of carbonyl (C=O) groups is 1. The highest BCUT2D eigenvalue weighted by Crippen LogP contribution is 2.16. The normalized spacial score (nSPS) is 14.8. The Morgan fingerprint density at radius 2 is 2.13 bits per heavy atom. The molecule has 1 saturated heterocycles. The van der Waals surface area contributed by atoms with Crippen molar-refractivity contribution < 1.29 is 9.53 Å². The Morgan fingerprint density at radius 3 is 2.83 bits per heavy atom. The Balaban J connectivity index is 1.50. The number of aromatic nitrogens is 2. The summed E-state index contributed by atoms with van der Waals surface area (Å²) >= 11 is 1.71. The number of thiophene rings is 1. The van der Waals surface area contributed by atoms with Gasteiger partial charge in [0, 0.05) is 49.7 Å². The van der Waals surface area contributed by atoms with E-state index in [2.05, 4.69) is 20.9 Å². The lowest BCUT2D eigenvalue weighted by molar-refractivity contribution is -0.131. The Morgan fingerprint density at radius 1 is 1.30 bits per heavy atom. The standard InChI is InChI=1S/C16H20N4O2S/c1-22-14-6-7-17-16(18-14)20-10-8-19(9-11-20)15(21)5-4-13-3-2-12-23-13/h2-3,6-7,12H,4-5,8-11H2,1H3. The summed E-state index contributed by atoms with van der Waals surface area (Å²) in [7, 11) is 1.59. The van der Waals surface area contributed by atoms with Crippen LogP contribution in [0.25, 0.3) is 0 Å². The lowest BCUT2D eigenvalue weighted by Gasteiger charge is -2.34. The van der Waals surface area contributed by atoms with Crippen LogP contribution < -0.4 is 9.64 Å². The van der Waals surface area contributed by atoms with E-state index in [9.17, 15) is 4.79 Å². The number of hydrogen-bond acceptors (Lipinski definition) is 6. The number of hydrogen-bond donors (Lipinski definition) is 0. The first-order chi connectivity index (χ1) is 11.3. The number of ether oxygens (including phenoxy) is 1. The molecule has 6 nitrogen and oxygen atoms in total. The van der Waals surface area contributed by atoms with E-state index in [-0.39, 0.29) is 5.91 Å². The molecule has 122 valence electrons. The van der Waals surface area contributed by atoms with Crippen LogP contribution in [0.4, 0.5) is 5.95 Å². The first-order valence-corrected chi connectivity index (χ1v) is 8.56. The van der Waals surface area contributed by atoms with Crippen LogP contribution in [0.15, 0.2) is 29.8 Å². The van der Waals surface area contributed by atoms with Gasteiger partial charge in [-0.05, 0) is 17.9 Å². The lowest BCUT2D eigenvalue weighted by Crippen LogP contribution is -2.49. The molecule has 2 aromatic heterocycles. The lowest BCUT2D eigenvalue weighted by atomic mass is 10.2. The van der Waals surface area contributed by atoms with Gasteiger partial charge >= 0.3 is 0 Å². The van der Waals surface area contributed by atoms with E-state index in [1.807, 2.05) is 16.3 Å². The summed E-state index contributed by atoms with van der Waals surface area (Å²) in [6, 6.07) is 5.83. The zero-order valence-corrected chi connectivity index (χ0v) is 14.0. The van der Waals surface area contributed by atoms with E-state index < -0.39 is 0 Å². The maximum absolute atomic E-state index is 12.3. The maximum atomic E-state index is 12.3. The van der Waals surface area contributed by atoms with Gasteiger partial charge in [-0.1, -0.05) is 6.07 Å². The number of rotatable bonds is 5. The molecule has 0 unspecified atom stereocenters. The Kier molecular flexibility index (Phi) is 5.07.